The topological polar surface area (TPSA) is 28.6 Å². The summed E-state index contributed by atoms with van der Waals surface area (Å²) >= 11 is 0. The normalized spacial score (nSPS) is 18.6. The molecule has 3 aromatic rings. The number of benzene rings is 2. The number of anilines is 1. The summed E-state index contributed by atoms with van der Waals surface area (Å²) in [6.07, 6.45) is 2.44. The van der Waals surface area contributed by atoms with Crippen LogP contribution in [0.4, 0.5) is 5.69 Å². The molecular formula is C24H28ClN3O. The van der Waals surface area contributed by atoms with E-state index in [0.717, 1.165) is 50.6 Å². The first-order valence-electron chi connectivity index (χ1n) is 10.4. The monoisotopic (exact) mass is 409 g/mol. The molecule has 0 atom stereocenters. The predicted molar refractivity (Wildman–Crippen MR) is 122 cm³/mol. The maximum atomic E-state index is 5.53. The lowest BCUT2D eigenvalue weighted by atomic mass is 10.0. The molecule has 0 bridgehead atoms. The van der Waals surface area contributed by atoms with Gasteiger partial charge in [0.25, 0.3) is 0 Å². The smallest absolute Gasteiger partial charge is 0.0730 e. The first kappa shape index (κ1) is 20.1. The number of para-hydroxylation sites is 1. The molecule has 5 rings (SSSR count). The van der Waals surface area contributed by atoms with Crippen LogP contribution in [-0.4, -0.2) is 55.3 Å². The number of aromatic nitrogens is 1. The summed E-state index contributed by atoms with van der Waals surface area (Å²) in [5.41, 5.74) is 4.64. The Labute approximate surface area is 178 Å². The Morgan fingerprint density at radius 2 is 1.52 bits per heavy atom. The fourth-order valence-electron chi connectivity index (χ4n) is 4.59. The lowest BCUT2D eigenvalue weighted by Crippen LogP contribution is -2.49. The van der Waals surface area contributed by atoms with Gasteiger partial charge < -0.3 is 9.64 Å². The van der Waals surface area contributed by atoms with Crippen molar-refractivity contribution in [2.24, 2.45) is 0 Å². The minimum absolute atomic E-state index is 0. The van der Waals surface area contributed by atoms with Crippen molar-refractivity contribution in [1.29, 1.82) is 0 Å². The van der Waals surface area contributed by atoms with E-state index in [4.69, 9.17) is 9.72 Å². The van der Waals surface area contributed by atoms with Crippen LogP contribution in [0.3, 0.4) is 0 Å². The highest BCUT2D eigenvalue weighted by molar-refractivity contribution is 5.94. The highest BCUT2D eigenvalue weighted by atomic mass is 35.5. The molecule has 0 spiro atoms. The summed E-state index contributed by atoms with van der Waals surface area (Å²) in [5, 5.41) is 1.26. The van der Waals surface area contributed by atoms with Gasteiger partial charge in [-0.15, -0.1) is 12.4 Å². The minimum Gasteiger partial charge on any atom is -0.379 e. The second kappa shape index (κ2) is 9.12. The lowest BCUT2D eigenvalue weighted by molar-refractivity contribution is 0.0115. The zero-order valence-electron chi connectivity index (χ0n) is 16.7. The van der Waals surface area contributed by atoms with Gasteiger partial charge in [0.2, 0.25) is 0 Å². The third kappa shape index (κ3) is 4.25. The predicted octanol–water partition coefficient (Wildman–Crippen LogP) is 4.62. The summed E-state index contributed by atoms with van der Waals surface area (Å²) in [4.78, 5) is 10.1. The minimum atomic E-state index is 0. The number of hydrogen-bond acceptors (Lipinski definition) is 4. The molecule has 5 heteroatoms. The number of halogens is 1. The van der Waals surface area contributed by atoms with Gasteiger partial charge in [0, 0.05) is 48.9 Å². The molecule has 0 radical (unpaired) electrons. The average Bonchev–Trinajstić information content (AvgIpc) is 2.80. The first-order valence-corrected chi connectivity index (χ1v) is 10.4. The quantitative estimate of drug-likeness (QED) is 0.630. The van der Waals surface area contributed by atoms with E-state index in [9.17, 15) is 0 Å². The van der Waals surface area contributed by atoms with E-state index in [0.29, 0.717) is 6.04 Å². The van der Waals surface area contributed by atoms with Gasteiger partial charge in [-0.1, -0.05) is 48.5 Å². The molecule has 0 amide bonds. The maximum absolute atomic E-state index is 5.53. The van der Waals surface area contributed by atoms with E-state index >= 15 is 0 Å². The van der Waals surface area contributed by atoms with Crippen molar-refractivity contribution in [3.63, 3.8) is 0 Å². The molecule has 2 aliphatic rings. The lowest BCUT2D eigenvalue weighted by Gasteiger charge is -2.41. The van der Waals surface area contributed by atoms with Crippen LogP contribution in [0.1, 0.15) is 12.8 Å². The summed E-state index contributed by atoms with van der Waals surface area (Å²) in [7, 11) is 0. The molecule has 0 N–H and O–H groups in total. The SMILES string of the molecule is Cl.c1ccc(-c2cc(N3CCC(N4CCOCC4)CC3)c3ccccc3n2)cc1. The molecule has 2 fully saturated rings. The number of ether oxygens (including phenoxy) is 1. The standard InChI is InChI=1S/C24H27N3O.ClH/c1-2-6-19(7-3-1)23-18-24(21-8-4-5-9-22(21)25-23)27-12-10-20(11-13-27)26-14-16-28-17-15-26;/h1-9,18,20H,10-17H2;1H. The molecule has 1 aromatic heterocycles. The second-order valence-electron chi connectivity index (χ2n) is 7.78. The Bertz CT molecular complexity index is 935. The summed E-state index contributed by atoms with van der Waals surface area (Å²) in [6.45, 7) is 6.14. The number of morpholine rings is 1. The van der Waals surface area contributed by atoms with E-state index in [1.54, 1.807) is 0 Å². The van der Waals surface area contributed by atoms with Crippen molar-refractivity contribution in [2.45, 2.75) is 18.9 Å². The Hall–Kier alpha value is -2.14. The van der Waals surface area contributed by atoms with Gasteiger partial charge in [-0.05, 0) is 25.0 Å². The Balaban J connectivity index is 0.00000205. The van der Waals surface area contributed by atoms with Crippen molar-refractivity contribution >= 4 is 29.0 Å². The van der Waals surface area contributed by atoms with Crippen molar-refractivity contribution < 1.29 is 4.74 Å². The molecule has 2 aromatic carbocycles. The summed E-state index contributed by atoms with van der Waals surface area (Å²) in [6, 6.07) is 22.0. The molecular weight excluding hydrogens is 382 g/mol. The molecule has 4 nitrogen and oxygen atoms in total. The molecule has 0 unspecified atom stereocenters. The van der Waals surface area contributed by atoms with E-state index in [2.05, 4.69) is 70.5 Å². The van der Waals surface area contributed by atoms with Gasteiger partial charge in [0.05, 0.1) is 24.4 Å². The number of hydrogen-bond donors (Lipinski definition) is 0. The Morgan fingerprint density at radius 3 is 2.28 bits per heavy atom. The van der Waals surface area contributed by atoms with Crippen molar-refractivity contribution in [1.82, 2.24) is 9.88 Å². The largest absolute Gasteiger partial charge is 0.379 e. The molecule has 3 heterocycles. The number of fused-ring (bicyclic) bond motifs is 1. The molecule has 0 saturated carbocycles. The highest BCUT2D eigenvalue weighted by Crippen LogP contribution is 2.33. The fourth-order valence-corrected chi connectivity index (χ4v) is 4.59. The van der Waals surface area contributed by atoms with E-state index in [-0.39, 0.29) is 12.4 Å². The number of pyridine rings is 1. The number of piperidine rings is 1. The van der Waals surface area contributed by atoms with E-state index < -0.39 is 0 Å². The van der Waals surface area contributed by atoms with Gasteiger partial charge in [-0.3, -0.25) is 4.90 Å². The van der Waals surface area contributed by atoms with Gasteiger partial charge in [0.15, 0.2) is 0 Å². The molecule has 152 valence electrons. The zero-order chi connectivity index (χ0) is 18.8. The highest BCUT2D eigenvalue weighted by Gasteiger charge is 2.26. The van der Waals surface area contributed by atoms with Crippen LogP contribution in [0.2, 0.25) is 0 Å². The third-order valence-electron chi connectivity index (χ3n) is 6.13. The second-order valence-corrected chi connectivity index (χ2v) is 7.78. The van der Waals surface area contributed by atoms with Gasteiger partial charge in [-0.25, -0.2) is 4.98 Å². The van der Waals surface area contributed by atoms with Crippen LogP contribution >= 0.6 is 12.4 Å². The fraction of sp³-hybridized carbons (Fsp3) is 0.375. The van der Waals surface area contributed by atoms with Crippen LogP contribution in [0.15, 0.2) is 60.7 Å². The van der Waals surface area contributed by atoms with Crippen LogP contribution in [-0.2, 0) is 4.74 Å². The Kier molecular flexibility index (Phi) is 6.34. The van der Waals surface area contributed by atoms with Crippen LogP contribution in [0.25, 0.3) is 22.2 Å². The first-order chi connectivity index (χ1) is 13.9. The maximum Gasteiger partial charge on any atom is 0.0730 e. The van der Waals surface area contributed by atoms with Crippen LogP contribution in [0, 0.1) is 0 Å². The van der Waals surface area contributed by atoms with Gasteiger partial charge >= 0.3 is 0 Å². The molecule has 2 saturated heterocycles. The summed E-state index contributed by atoms with van der Waals surface area (Å²) < 4.78 is 5.53. The van der Waals surface area contributed by atoms with E-state index in [1.807, 2.05) is 0 Å². The van der Waals surface area contributed by atoms with Crippen molar-refractivity contribution in [3.05, 3.63) is 60.7 Å². The average molecular weight is 410 g/mol. The molecule has 0 aliphatic carbocycles. The van der Waals surface area contributed by atoms with E-state index in [1.165, 1.54) is 29.5 Å². The molecule has 29 heavy (non-hydrogen) atoms. The molecule has 2 aliphatic heterocycles. The zero-order valence-corrected chi connectivity index (χ0v) is 17.5. The van der Waals surface area contributed by atoms with Gasteiger partial charge in [-0.2, -0.15) is 0 Å². The third-order valence-corrected chi connectivity index (χ3v) is 6.13. The number of rotatable bonds is 3. The van der Waals surface area contributed by atoms with Crippen LogP contribution in [0.5, 0.6) is 0 Å². The summed E-state index contributed by atoms with van der Waals surface area (Å²) in [5.74, 6) is 0. The van der Waals surface area contributed by atoms with Gasteiger partial charge in [0.1, 0.15) is 0 Å². The Morgan fingerprint density at radius 1 is 0.828 bits per heavy atom. The van der Waals surface area contributed by atoms with Crippen molar-refractivity contribution in [3.8, 4) is 11.3 Å². The van der Waals surface area contributed by atoms with Crippen molar-refractivity contribution in [2.75, 3.05) is 44.3 Å². The van der Waals surface area contributed by atoms with Crippen LogP contribution < -0.4 is 4.90 Å². The number of nitrogens with zero attached hydrogens (tertiary/aromatic N) is 3.